The van der Waals surface area contributed by atoms with E-state index in [2.05, 4.69) is 11.3 Å². The van der Waals surface area contributed by atoms with Gasteiger partial charge >= 0.3 is 0 Å². The Hall–Kier alpha value is -0.450. The minimum atomic E-state index is -3.42. The van der Waals surface area contributed by atoms with Gasteiger partial charge in [-0.3, -0.25) is 4.99 Å². The molecule has 0 radical (unpaired) electrons. The van der Waals surface area contributed by atoms with Crippen LogP contribution < -0.4 is 5.73 Å². The molecule has 0 amide bonds. The van der Waals surface area contributed by atoms with E-state index in [-0.39, 0.29) is 12.6 Å². The maximum absolute atomic E-state index is 8.89. The van der Waals surface area contributed by atoms with Crippen LogP contribution in [0.15, 0.2) is 16.8 Å². The monoisotopic (exact) mass is 234 g/mol. The first kappa shape index (κ1) is 14.6. The summed E-state index contributed by atoms with van der Waals surface area (Å²) in [6.07, 6.45) is 7.14. The molecule has 5 nitrogen and oxygen atoms in total. The molecule has 6 heteroatoms. The molecule has 0 fully saturated rings. The summed E-state index contributed by atoms with van der Waals surface area (Å²) in [5.41, 5.74) is 6.56. The Morgan fingerprint density at radius 3 is 2.60 bits per heavy atom. The van der Waals surface area contributed by atoms with Crippen LogP contribution in [0.25, 0.3) is 0 Å². The van der Waals surface area contributed by atoms with Crippen LogP contribution in [0.3, 0.4) is 0 Å². The van der Waals surface area contributed by atoms with Gasteiger partial charge in [0.2, 0.25) is 7.57 Å². The van der Waals surface area contributed by atoms with Gasteiger partial charge in [-0.1, -0.05) is 6.08 Å². The lowest BCUT2D eigenvalue weighted by molar-refractivity contribution is 0.233. The van der Waals surface area contributed by atoms with Crippen molar-refractivity contribution in [3.05, 3.63) is 11.8 Å². The molecule has 0 bridgehead atoms. The van der Waals surface area contributed by atoms with E-state index in [0.717, 1.165) is 5.70 Å². The third-order valence-corrected chi connectivity index (χ3v) is 2.16. The van der Waals surface area contributed by atoms with Crippen LogP contribution in [0.5, 0.6) is 0 Å². The molecule has 0 aromatic carbocycles. The minimum Gasteiger partial charge on any atom is -0.333 e. The third kappa shape index (κ3) is 8.54. The van der Waals surface area contributed by atoms with Crippen molar-refractivity contribution < 1.29 is 14.3 Å². The summed E-state index contributed by atoms with van der Waals surface area (Å²) in [6, 6.07) is -0.319. The predicted molar refractivity (Wildman–Crippen MR) is 64.9 cm³/mol. The minimum absolute atomic E-state index is 0.0564. The number of rotatable bonds is 6. The Labute approximate surface area is 90.5 Å². The molecule has 0 saturated carbocycles. The standard InChI is InChI=1S/C9H19N2O3P/c1-4-9(11-5-2)6-8(10)7-14-15(3,12)13/h4-5,8,12-13H,3,6-7,10H2,1-2H3/b9-4-,11-5-/t8-/m0/s1. The highest BCUT2D eigenvalue weighted by atomic mass is 31.2. The highest BCUT2D eigenvalue weighted by Gasteiger charge is 2.10. The van der Waals surface area contributed by atoms with Crippen molar-refractivity contribution in [2.75, 3.05) is 6.61 Å². The maximum Gasteiger partial charge on any atom is 0.245 e. The molecule has 0 spiro atoms. The molecule has 0 aromatic rings. The van der Waals surface area contributed by atoms with Crippen molar-refractivity contribution in [3.63, 3.8) is 0 Å². The van der Waals surface area contributed by atoms with Crippen LogP contribution in [0.2, 0.25) is 0 Å². The third-order valence-electron chi connectivity index (χ3n) is 1.59. The predicted octanol–water partition coefficient (Wildman–Crippen LogP) is 0.894. The maximum atomic E-state index is 8.89. The number of nitrogens with two attached hydrogens (primary N) is 1. The van der Waals surface area contributed by atoms with Crippen LogP contribution in [0, 0.1) is 0 Å². The topological polar surface area (TPSA) is 88.1 Å². The van der Waals surface area contributed by atoms with Crippen molar-refractivity contribution in [3.8, 4) is 0 Å². The highest BCUT2D eigenvalue weighted by Crippen LogP contribution is 2.35. The summed E-state index contributed by atoms with van der Waals surface area (Å²) >= 11 is 0. The van der Waals surface area contributed by atoms with Crippen LogP contribution in [-0.2, 0) is 4.52 Å². The van der Waals surface area contributed by atoms with Gasteiger partial charge in [-0.25, -0.2) is 0 Å². The quantitative estimate of drug-likeness (QED) is 0.470. The average Bonchev–Trinajstić information content (AvgIpc) is 2.13. The number of nitrogens with zero attached hydrogens (tertiary/aromatic N) is 1. The SMILES string of the molecule is C=P(O)(O)OC[C@@H](N)CC(=C/C)/N=C\C. The molecule has 0 aliphatic carbocycles. The Morgan fingerprint density at radius 1 is 1.60 bits per heavy atom. The first-order chi connectivity index (χ1) is 6.89. The van der Waals surface area contributed by atoms with Crippen LogP contribution in [-0.4, -0.2) is 34.9 Å². The van der Waals surface area contributed by atoms with E-state index in [1.165, 1.54) is 0 Å². The molecule has 0 unspecified atom stereocenters. The second kappa shape index (κ2) is 6.93. The lowest BCUT2D eigenvalue weighted by Crippen LogP contribution is -2.26. The van der Waals surface area contributed by atoms with E-state index in [1.54, 1.807) is 6.21 Å². The molecule has 0 aliphatic rings. The van der Waals surface area contributed by atoms with Gasteiger partial charge in [0.15, 0.2) is 0 Å². The molecule has 0 saturated heterocycles. The first-order valence-corrected chi connectivity index (χ1v) is 6.41. The molecule has 0 aliphatic heterocycles. The van der Waals surface area contributed by atoms with Crippen molar-refractivity contribution >= 4 is 20.1 Å². The largest absolute Gasteiger partial charge is 0.333 e. The summed E-state index contributed by atoms with van der Waals surface area (Å²) in [6.45, 7) is 3.74. The van der Waals surface area contributed by atoms with Crippen molar-refractivity contribution in [2.24, 2.45) is 10.7 Å². The molecule has 15 heavy (non-hydrogen) atoms. The summed E-state index contributed by atoms with van der Waals surface area (Å²) in [5, 5.41) is 0. The number of hydrogen-bond donors (Lipinski definition) is 3. The van der Waals surface area contributed by atoms with E-state index in [0.29, 0.717) is 6.42 Å². The first-order valence-electron chi connectivity index (χ1n) is 4.62. The van der Waals surface area contributed by atoms with Gasteiger partial charge in [-0.2, -0.15) is 0 Å². The molecular formula is C9H19N2O3P. The smallest absolute Gasteiger partial charge is 0.245 e. The molecular weight excluding hydrogens is 215 g/mol. The van der Waals surface area contributed by atoms with E-state index in [9.17, 15) is 0 Å². The van der Waals surface area contributed by atoms with E-state index < -0.39 is 7.57 Å². The molecule has 1 atom stereocenters. The van der Waals surface area contributed by atoms with Crippen LogP contribution in [0.4, 0.5) is 0 Å². The Bertz CT molecular complexity index is 283. The fraction of sp³-hybridized carbons (Fsp3) is 0.556. The van der Waals surface area contributed by atoms with Crippen molar-refractivity contribution in [2.45, 2.75) is 26.3 Å². The lowest BCUT2D eigenvalue weighted by Gasteiger charge is -2.15. The summed E-state index contributed by atoms with van der Waals surface area (Å²) in [7, 11) is -3.42. The zero-order valence-corrected chi connectivity index (χ0v) is 10.0. The van der Waals surface area contributed by atoms with Gasteiger partial charge in [-0.05, 0) is 20.1 Å². The normalized spacial score (nSPS) is 15.9. The van der Waals surface area contributed by atoms with Crippen LogP contribution in [0.1, 0.15) is 20.3 Å². The number of allylic oxidation sites excluding steroid dienone is 1. The van der Waals surface area contributed by atoms with Crippen molar-refractivity contribution in [1.82, 2.24) is 0 Å². The highest BCUT2D eigenvalue weighted by molar-refractivity contribution is 7.57. The molecule has 88 valence electrons. The Morgan fingerprint density at radius 2 is 2.20 bits per heavy atom. The van der Waals surface area contributed by atoms with E-state index in [4.69, 9.17) is 20.0 Å². The fourth-order valence-electron chi connectivity index (χ4n) is 0.954. The molecule has 0 heterocycles. The second-order valence-electron chi connectivity index (χ2n) is 3.09. The van der Waals surface area contributed by atoms with Gasteiger partial charge < -0.3 is 20.0 Å². The lowest BCUT2D eigenvalue weighted by atomic mass is 10.2. The second-order valence-corrected chi connectivity index (χ2v) is 4.68. The summed E-state index contributed by atoms with van der Waals surface area (Å²) < 4.78 is 4.72. The zero-order chi connectivity index (χ0) is 11.9. The van der Waals surface area contributed by atoms with Crippen molar-refractivity contribution in [1.29, 1.82) is 0 Å². The number of aliphatic imine (C=N–C) groups is 1. The van der Waals surface area contributed by atoms with Crippen LogP contribution >= 0.6 is 7.57 Å². The molecule has 4 N–H and O–H groups in total. The zero-order valence-electron chi connectivity index (χ0n) is 9.13. The van der Waals surface area contributed by atoms with E-state index >= 15 is 0 Å². The summed E-state index contributed by atoms with van der Waals surface area (Å²) in [4.78, 5) is 21.9. The average molecular weight is 234 g/mol. The van der Waals surface area contributed by atoms with Gasteiger partial charge in [0.1, 0.15) is 0 Å². The molecule has 0 rings (SSSR count). The van der Waals surface area contributed by atoms with Gasteiger partial charge in [-0.15, -0.1) is 0 Å². The van der Waals surface area contributed by atoms with Gasteiger partial charge in [0.05, 0.1) is 6.61 Å². The van der Waals surface area contributed by atoms with Gasteiger partial charge in [0, 0.05) is 24.4 Å². The van der Waals surface area contributed by atoms with E-state index in [1.807, 2.05) is 19.9 Å². The molecule has 0 aromatic heterocycles. The van der Waals surface area contributed by atoms with Gasteiger partial charge in [0.25, 0.3) is 0 Å². The Kier molecular flexibility index (Phi) is 6.72. The summed E-state index contributed by atoms with van der Waals surface area (Å²) in [5.74, 6) is 0. The Balaban J connectivity index is 4.03. The fourth-order valence-corrected chi connectivity index (χ4v) is 1.38. The number of hydrogen-bond acceptors (Lipinski definition) is 5.